The summed E-state index contributed by atoms with van der Waals surface area (Å²) in [7, 11) is 0. The van der Waals surface area contributed by atoms with Gasteiger partial charge in [-0.2, -0.15) is 0 Å². The van der Waals surface area contributed by atoms with Crippen molar-refractivity contribution >= 4 is 21.9 Å². The molecule has 0 N–H and O–H groups in total. The molecule has 0 spiro atoms. The van der Waals surface area contributed by atoms with Crippen molar-refractivity contribution in [1.82, 2.24) is 15.0 Å². The zero-order chi connectivity index (χ0) is 16.4. The molecule has 1 aliphatic carbocycles. The van der Waals surface area contributed by atoms with E-state index in [-0.39, 0.29) is 6.04 Å². The molecule has 0 amide bonds. The topological polar surface area (TPSA) is 57.0 Å². The van der Waals surface area contributed by atoms with Crippen LogP contribution in [-0.2, 0) is 4.74 Å². The molecular weight excluding hydrogens is 358 g/mol. The van der Waals surface area contributed by atoms with Gasteiger partial charge in [0.25, 0.3) is 0 Å². The number of carbonyl (C=O) groups is 1. The second-order valence-electron chi connectivity index (χ2n) is 5.88. The highest BCUT2D eigenvalue weighted by atomic mass is 79.9. The highest BCUT2D eigenvalue weighted by Crippen LogP contribution is 2.32. The van der Waals surface area contributed by atoms with E-state index in [1.54, 1.807) is 4.68 Å². The molecule has 2 aromatic rings. The van der Waals surface area contributed by atoms with Crippen LogP contribution in [0.15, 0.2) is 47.1 Å². The number of esters is 1. The van der Waals surface area contributed by atoms with E-state index in [0.29, 0.717) is 22.8 Å². The predicted octanol–water partition coefficient (Wildman–Crippen LogP) is 3.77. The number of ether oxygens (including phenoxy) is 1. The molecule has 0 bridgehead atoms. The van der Waals surface area contributed by atoms with Crippen molar-refractivity contribution in [3.05, 3.63) is 58.3 Å². The van der Waals surface area contributed by atoms with Gasteiger partial charge >= 0.3 is 5.97 Å². The number of hydrogen-bond acceptors (Lipinski definition) is 4. The van der Waals surface area contributed by atoms with Gasteiger partial charge < -0.3 is 4.74 Å². The average molecular weight is 376 g/mol. The normalized spacial score (nSPS) is 16.0. The van der Waals surface area contributed by atoms with Crippen LogP contribution >= 0.6 is 15.9 Å². The van der Waals surface area contributed by atoms with E-state index in [1.807, 2.05) is 37.3 Å². The molecule has 120 valence electrons. The van der Waals surface area contributed by atoms with Crippen LogP contribution in [0.4, 0.5) is 0 Å². The maximum atomic E-state index is 12.4. The molecule has 1 heterocycles. The molecule has 0 unspecified atom stereocenters. The summed E-state index contributed by atoms with van der Waals surface area (Å²) < 4.78 is 7.44. The number of allylic oxidation sites excluding steroid dienone is 1. The smallest absolute Gasteiger partial charge is 0.359 e. The van der Waals surface area contributed by atoms with Crippen LogP contribution in [0.1, 0.15) is 41.9 Å². The first kappa shape index (κ1) is 15.9. The maximum Gasteiger partial charge on any atom is 0.359 e. The van der Waals surface area contributed by atoms with Gasteiger partial charge in [0, 0.05) is 5.92 Å². The summed E-state index contributed by atoms with van der Waals surface area (Å²) >= 11 is 3.30. The molecule has 1 atom stereocenters. The molecule has 0 radical (unpaired) electrons. The monoisotopic (exact) mass is 375 g/mol. The minimum absolute atomic E-state index is 0.110. The summed E-state index contributed by atoms with van der Waals surface area (Å²) in [6, 6.07) is 9.75. The van der Waals surface area contributed by atoms with Crippen molar-refractivity contribution in [2.75, 3.05) is 6.61 Å². The number of carbonyl (C=O) groups excluding carboxylic acids is 1. The molecule has 1 fully saturated rings. The minimum Gasteiger partial charge on any atom is -0.461 e. The number of benzene rings is 1. The fourth-order valence-electron chi connectivity index (χ4n) is 2.73. The SMILES string of the molecule is C=C1CC(COC(=O)c2c(Br)nnn2[C@H](C)c2ccccc2)C1. The Hall–Kier alpha value is -1.95. The van der Waals surface area contributed by atoms with E-state index < -0.39 is 5.97 Å². The largest absolute Gasteiger partial charge is 0.461 e. The second kappa shape index (κ2) is 6.66. The Bertz CT molecular complexity index is 719. The van der Waals surface area contributed by atoms with Crippen LogP contribution in [0, 0.1) is 5.92 Å². The van der Waals surface area contributed by atoms with E-state index in [1.165, 1.54) is 5.57 Å². The molecule has 3 rings (SSSR count). The fourth-order valence-corrected chi connectivity index (χ4v) is 3.15. The minimum atomic E-state index is -0.401. The lowest BCUT2D eigenvalue weighted by atomic mass is 9.82. The summed E-state index contributed by atoms with van der Waals surface area (Å²) in [6.07, 6.45) is 1.87. The molecular formula is C17H18BrN3O2. The van der Waals surface area contributed by atoms with Gasteiger partial charge in [-0.1, -0.05) is 47.7 Å². The number of hydrogen-bond donors (Lipinski definition) is 0. The first-order valence-corrected chi connectivity index (χ1v) is 8.35. The summed E-state index contributed by atoms with van der Waals surface area (Å²) in [4.78, 5) is 12.4. The molecule has 0 saturated heterocycles. The van der Waals surface area contributed by atoms with E-state index >= 15 is 0 Å². The molecule has 23 heavy (non-hydrogen) atoms. The van der Waals surface area contributed by atoms with Gasteiger partial charge in [0.1, 0.15) is 0 Å². The predicted molar refractivity (Wildman–Crippen MR) is 90.1 cm³/mol. The third-order valence-electron chi connectivity index (χ3n) is 4.10. The van der Waals surface area contributed by atoms with Crippen molar-refractivity contribution in [3.8, 4) is 0 Å². The van der Waals surface area contributed by atoms with Crippen LogP contribution in [-0.4, -0.2) is 27.6 Å². The zero-order valence-electron chi connectivity index (χ0n) is 12.9. The Morgan fingerprint density at radius 3 is 2.78 bits per heavy atom. The Labute approximate surface area is 143 Å². The van der Waals surface area contributed by atoms with Crippen molar-refractivity contribution in [2.24, 2.45) is 5.92 Å². The van der Waals surface area contributed by atoms with Gasteiger partial charge in [0.15, 0.2) is 10.3 Å². The lowest BCUT2D eigenvalue weighted by Gasteiger charge is -2.27. The lowest BCUT2D eigenvalue weighted by Crippen LogP contribution is -2.24. The summed E-state index contributed by atoms with van der Waals surface area (Å²) in [5, 5.41) is 8.06. The van der Waals surface area contributed by atoms with E-state index in [0.717, 1.165) is 18.4 Å². The van der Waals surface area contributed by atoms with Gasteiger partial charge in [0.2, 0.25) is 0 Å². The van der Waals surface area contributed by atoms with Gasteiger partial charge in [-0.3, -0.25) is 0 Å². The highest BCUT2D eigenvalue weighted by Gasteiger charge is 2.27. The van der Waals surface area contributed by atoms with Crippen molar-refractivity contribution in [3.63, 3.8) is 0 Å². The van der Waals surface area contributed by atoms with Gasteiger partial charge in [-0.25, -0.2) is 9.48 Å². The first-order chi connectivity index (χ1) is 11.1. The van der Waals surface area contributed by atoms with Crippen LogP contribution in [0.3, 0.4) is 0 Å². The molecule has 0 aliphatic heterocycles. The highest BCUT2D eigenvalue weighted by molar-refractivity contribution is 9.10. The summed E-state index contributed by atoms with van der Waals surface area (Å²) in [6.45, 7) is 6.29. The van der Waals surface area contributed by atoms with E-state index in [9.17, 15) is 4.79 Å². The summed E-state index contributed by atoms with van der Waals surface area (Å²) in [5.41, 5.74) is 2.62. The van der Waals surface area contributed by atoms with Gasteiger partial charge in [-0.15, -0.1) is 5.10 Å². The van der Waals surface area contributed by atoms with Crippen molar-refractivity contribution < 1.29 is 9.53 Å². The third kappa shape index (κ3) is 3.37. The van der Waals surface area contributed by atoms with Crippen LogP contribution in [0.2, 0.25) is 0 Å². The molecule has 6 heteroatoms. The first-order valence-electron chi connectivity index (χ1n) is 7.55. The molecule has 1 saturated carbocycles. The van der Waals surface area contributed by atoms with Crippen molar-refractivity contribution in [1.29, 1.82) is 0 Å². The second-order valence-corrected chi connectivity index (χ2v) is 6.63. The van der Waals surface area contributed by atoms with Crippen molar-refractivity contribution in [2.45, 2.75) is 25.8 Å². The van der Waals surface area contributed by atoms with E-state index in [2.05, 4.69) is 32.8 Å². The lowest BCUT2D eigenvalue weighted by molar-refractivity contribution is 0.0394. The van der Waals surface area contributed by atoms with Crippen LogP contribution < -0.4 is 0 Å². The van der Waals surface area contributed by atoms with E-state index in [4.69, 9.17) is 4.74 Å². The molecule has 1 aliphatic rings. The quantitative estimate of drug-likeness (QED) is 0.589. The Kier molecular flexibility index (Phi) is 4.61. The van der Waals surface area contributed by atoms with Crippen LogP contribution in [0.25, 0.3) is 0 Å². The number of halogens is 1. The standard InChI is InChI=1S/C17H18BrN3O2/c1-11-8-13(9-11)10-23-17(22)15-16(18)19-20-21(15)12(2)14-6-4-3-5-7-14/h3-7,12-13H,1,8-10H2,2H3/t12-/m1/s1. The maximum absolute atomic E-state index is 12.4. The Morgan fingerprint density at radius 1 is 1.43 bits per heavy atom. The zero-order valence-corrected chi connectivity index (χ0v) is 14.5. The summed E-state index contributed by atoms with van der Waals surface area (Å²) in [5.74, 6) is -0.0109. The number of rotatable bonds is 5. The number of nitrogens with zero attached hydrogens (tertiary/aromatic N) is 3. The fraction of sp³-hybridized carbons (Fsp3) is 0.353. The molecule has 1 aromatic carbocycles. The third-order valence-corrected chi connectivity index (χ3v) is 4.63. The number of aromatic nitrogens is 3. The van der Waals surface area contributed by atoms with Crippen LogP contribution in [0.5, 0.6) is 0 Å². The average Bonchev–Trinajstić information content (AvgIpc) is 2.92. The van der Waals surface area contributed by atoms with Gasteiger partial charge in [-0.05, 0) is 41.3 Å². The molecule has 1 aromatic heterocycles. The Morgan fingerprint density at radius 2 is 2.13 bits per heavy atom. The van der Waals surface area contributed by atoms with Gasteiger partial charge in [0.05, 0.1) is 12.6 Å². The Balaban J connectivity index is 1.75. The molecule has 5 nitrogen and oxygen atoms in total.